The summed E-state index contributed by atoms with van der Waals surface area (Å²) in [6, 6.07) is 0.863. The summed E-state index contributed by atoms with van der Waals surface area (Å²) in [4.78, 5) is 10.6. The lowest BCUT2D eigenvalue weighted by atomic mass is 9.99. The normalized spacial score (nSPS) is 29.2. The molecule has 3 aliphatic heterocycles. The molecule has 128 valence electrons. The lowest BCUT2D eigenvalue weighted by Crippen LogP contribution is -2.53. The van der Waals surface area contributed by atoms with Gasteiger partial charge in [-0.15, -0.1) is 0 Å². The van der Waals surface area contributed by atoms with Gasteiger partial charge < -0.3 is 9.80 Å². The van der Waals surface area contributed by atoms with E-state index in [4.69, 9.17) is 0 Å². The van der Waals surface area contributed by atoms with Gasteiger partial charge in [-0.1, -0.05) is 6.92 Å². The Morgan fingerprint density at radius 2 is 1.23 bits per heavy atom. The third-order valence-electron chi connectivity index (χ3n) is 6.22. The van der Waals surface area contributed by atoms with Gasteiger partial charge in [-0.2, -0.15) is 0 Å². The molecule has 0 saturated carbocycles. The molecule has 0 aliphatic carbocycles. The van der Waals surface area contributed by atoms with E-state index in [1.807, 2.05) is 0 Å². The maximum absolute atomic E-state index is 2.77. The summed E-state index contributed by atoms with van der Waals surface area (Å²) >= 11 is 0. The average molecular weight is 309 g/mol. The van der Waals surface area contributed by atoms with E-state index < -0.39 is 0 Å². The number of piperazine rings is 1. The zero-order chi connectivity index (χ0) is 15.4. The van der Waals surface area contributed by atoms with Crippen molar-refractivity contribution < 1.29 is 0 Å². The van der Waals surface area contributed by atoms with Crippen molar-refractivity contribution in [3.63, 3.8) is 0 Å². The third-order valence-corrected chi connectivity index (χ3v) is 6.22. The van der Waals surface area contributed by atoms with E-state index in [0.29, 0.717) is 0 Å². The molecule has 3 aliphatic rings. The molecule has 0 aromatic carbocycles. The van der Waals surface area contributed by atoms with E-state index in [9.17, 15) is 0 Å². The molecule has 0 aromatic heterocycles. The molecule has 0 atom stereocenters. The van der Waals surface area contributed by atoms with E-state index in [-0.39, 0.29) is 0 Å². The van der Waals surface area contributed by atoms with Crippen LogP contribution < -0.4 is 0 Å². The molecule has 0 spiro atoms. The summed E-state index contributed by atoms with van der Waals surface area (Å²) in [5.74, 6) is 0.953. The highest BCUT2D eigenvalue weighted by atomic mass is 15.3. The van der Waals surface area contributed by atoms with Crippen LogP contribution in [-0.4, -0.2) is 98.1 Å². The highest BCUT2D eigenvalue weighted by Crippen LogP contribution is 2.18. The summed E-state index contributed by atoms with van der Waals surface area (Å²) in [5.41, 5.74) is 0. The minimum absolute atomic E-state index is 0.863. The summed E-state index contributed by atoms with van der Waals surface area (Å²) in [6.45, 7) is 15.4. The molecule has 3 saturated heterocycles. The minimum atomic E-state index is 0.863. The van der Waals surface area contributed by atoms with Crippen LogP contribution in [0.25, 0.3) is 0 Å². The second kappa shape index (κ2) is 8.09. The van der Waals surface area contributed by atoms with Crippen molar-refractivity contribution in [2.75, 3.05) is 72.5 Å². The van der Waals surface area contributed by atoms with Crippen molar-refractivity contribution in [1.82, 2.24) is 19.6 Å². The molecule has 0 radical (unpaired) electrons. The Balaban J connectivity index is 1.32. The molecule has 4 heteroatoms. The first-order valence-electron chi connectivity index (χ1n) is 9.58. The molecule has 3 rings (SSSR count). The van der Waals surface area contributed by atoms with Crippen LogP contribution in [0.3, 0.4) is 0 Å². The number of hydrogen-bond donors (Lipinski definition) is 0. The molecule has 3 fully saturated rings. The Morgan fingerprint density at radius 1 is 0.682 bits per heavy atom. The molecule has 3 heterocycles. The van der Waals surface area contributed by atoms with Gasteiger partial charge in [-0.25, -0.2) is 0 Å². The molecule has 0 bridgehead atoms. The topological polar surface area (TPSA) is 13.0 Å². The molecular formula is C18H36N4. The van der Waals surface area contributed by atoms with Crippen molar-refractivity contribution in [2.24, 2.45) is 5.92 Å². The Bertz CT molecular complexity index is 311. The average Bonchev–Trinajstić information content (AvgIpc) is 2.56. The monoisotopic (exact) mass is 308 g/mol. The van der Waals surface area contributed by atoms with Gasteiger partial charge in [-0.05, 0) is 64.8 Å². The second-order valence-electron chi connectivity index (χ2n) is 7.94. The van der Waals surface area contributed by atoms with Crippen LogP contribution in [0.4, 0.5) is 0 Å². The van der Waals surface area contributed by atoms with Crippen LogP contribution in [0.5, 0.6) is 0 Å². The third kappa shape index (κ3) is 4.67. The fourth-order valence-corrected chi connectivity index (χ4v) is 4.28. The van der Waals surface area contributed by atoms with Crippen LogP contribution in [0.1, 0.15) is 32.6 Å². The van der Waals surface area contributed by atoms with Crippen molar-refractivity contribution >= 4 is 0 Å². The first-order chi connectivity index (χ1) is 10.7. The standard InChI is InChI=1S/C18H36N4/c1-17-3-9-20(10-4-17)11-12-21-13-15-22(16-14-21)18-5-7-19(2)8-6-18/h17-18H,3-16H2,1-2H3. The number of nitrogens with zero attached hydrogens (tertiary/aromatic N) is 4. The largest absolute Gasteiger partial charge is 0.306 e. The number of likely N-dealkylation sites (tertiary alicyclic amines) is 2. The Labute approximate surface area is 137 Å². The van der Waals surface area contributed by atoms with Gasteiger partial charge in [0.1, 0.15) is 0 Å². The quantitative estimate of drug-likeness (QED) is 0.779. The first kappa shape index (κ1) is 16.7. The van der Waals surface area contributed by atoms with Crippen LogP contribution in [0.2, 0.25) is 0 Å². The number of piperidine rings is 2. The van der Waals surface area contributed by atoms with Crippen molar-refractivity contribution in [3.05, 3.63) is 0 Å². The number of rotatable bonds is 4. The Kier molecular flexibility index (Phi) is 6.14. The molecule has 0 N–H and O–H groups in total. The van der Waals surface area contributed by atoms with E-state index in [1.165, 1.54) is 91.1 Å². The van der Waals surface area contributed by atoms with Gasteiger partial charge >= 0.3 is 0 Å². The predicted molar refractivity (Wildman–Crippen MR) is 93.4 cm³/mol. The van der Waals surface area contributed by atoms with Crippen molar-refractivity contribution in [2.45, 2.75) is 38.6 Å². The first-order valence-corrected chi connectivity index (χ1v) is 9.58. The van der Waals surface area contributed by atoms with E-state index >= 15 is 0 Å². The van der Waals surface area contributed by atoms with E-state index in [2.05, 4.69) is 33.6 Å². The Morgan fingerprint density at radius 3 is 1.82 bits per heavy atom. The highest BCUT2D eigenvalue weighted by Gasteiger charge is 2.26. The van der Waals surface area contributed by atoms with Crippen LogP contribution in [-0.2, 0) is 0 Å². The van der Waals surface area contributed by atoms with Crippen LogP contribution in [0, 0.1) is 5.92 Å². The van der Waals surface area contributed by atoms with Gasteiger partial charge in [-0.3, -0.25) is 9.80 Å². The maximum atomic E-state index is 2.77. The van der Waals surface area contributed by atoms with Gasteiger partial charge in [0.2, 0.25) is 0 Å². The summed E-state index contributed by atoms with van der Waals surface area (Å²) in [6.07, 6.45) is 5.57. The lowest BCUT2D eigenvalue weighted by molar-refractivity contribution is 0.0582. The lowest BCUT2D eigenvalue weighted by Gasteiger charge is -2.42. The maximum Gasteiger partial charge on any atom is 0.0121 e. The van der Waals surface area contributed by atoms with E-state index in [0.717, 1.165) is 12.0 Å². The minimum Gasteiger partial charge on any atom is -0.306 e. The van der Waals surface area contributed by atoms with Gasteiger partial charge in [0.05, 0.1) is 0 Å². The zero-order valence-electron chi connectivity index (χ0n) is 14.8. The zero-order valence-corrected chi connectivity index (χ0v) is 14.8. The molecule has 0 unspecified atom stereocenters. The smallest absolute Gasteiger partial charge is 0.0121 e. The van der Waals surface area contributed by atoms with Crippen LogP contribution in [0.15, 0.2) is 0 Å². The van der Waals surface area contributed by atoms with Gasteiger partial charge in [0, 0.05) is 45.3 Å². The van der Waals surface area contributed by atoms with Crippen LogP contribution >= 0.6 is 0 Å². The molecule has 4 nitrogen and oxygen atoms in total. The highest BCUT2D eigenvalue weighted by molar-refractivity contribution is 4.83. The fourth-order valence-electron chi connectivity index (χ4n) is 4.28. The molecule has 22 heavy (non-hydrogen) atoms. The Hall–Kier alpha value is -0.160. The van der Waals surface area contributed by atoms with Gasteiger partial charge in [0.25, 0.3) is 0 Å². The van der Waals surface area contributed by atoms with Crippen molar-refractivity contribution in [3.8, 4) is 0 Å². The van der Waals surface area contributed by atoms with Gasteiger partial charge in [0.15, 0.2) is 0 Å². The molecular weight excluding hydrogens is 272 g/mol. The van der Waals surface area contributed by atoms with E-state index in [1.54, 1.807) is 0 Å². The summed E-state index contributed by atoms with van der Waals surface area (Å²) in [5, 5.41) is 0. The fraction of sp³-hybridized carbons (Fsp3) is 1.00. The predicted octanol–water partition coefficient (Wildman–Crippen LogP) is 1.43. The second-order valence-corrected chi connectivity index (χ2v) is 7.94. The number of hydrogen-bond acceptors (Lipinski definition) is 4. The van der Waals surface area contributed by atoms with Crippen molar-refractivity contribution in [1.29, 1.82) is 0 Å². The molecule has 0 amide bonds. The summed E-state index contributed by atoms with van der Waals surface area (Å²) in [7, 11) is 2.26. The SMILES string of the molecule is CC1CCN(CCN2CCN(C3CCN(C)CC3)CC2)CC1. The molecule has 0 aromatic rings. The summed E-state index contributed by atoms with van der Waals surface area (Å²) < 4.78 is 0.